The molecule has 1 amide bonds. The minimum absolute atomic E-state index is 0. The zero-order chi connectivity index (χ0) is 16.1. The number of amides is 1. The molecule has 2 atom stereocenters. The maximum atomic E-state index is 11.7. The summed E-state index contributed by atoms with van der Waals surface area (Å²) in [4.78, 5) is 14.1. The zero-order valence-electron chi connectivity index (χ0n) is 13.4. The molecule has 3 nitrogen and oxygen atoms in total. The van der Waals surface area contributed by atoms with E-state index in [1.165, 1.54) is 11.1 Å². The fourth-order valence-corrected chi connectivity index (χ4v) is 3.36. The van der Waals surface area contributed by atoms with Crippen LogP contribution >= 0.6 is 24.0 Å². The fraction of sp³-hybridized carbons (Fsp3) is 0.316. The molecule has 0 aliphatic carbocycles. The lowest BCUT2D eigenvalue weighted by Gasteiger charge is -2.19. The molecule has 1 fully saturated rings. The predicted octanol–water partition coefficient (Wildman–Crippen LogP) is 3.43. The van der Waals surface area contributed by atoms with Crippen molar-refractivity contribution in [2.45, 2.75) is 18.5 Å². The summed E-state index contributed by atoms with van der Waals surface area (Å²) in [5.41, 5.74) is 2.56. The highest BCUT2D eigenvalue weighted by atomic mass is 35.5. The number of benzene rings is 2. The number of hydrogen-bond donors (Lipinski definition) is 1. The van der Waals surface area contributed by atoms with Crippen molar-refractivity contribution in [1.82, 2.24) is 10.2 Å². The smallest absolute Gasteiger partial charge is 0.235 e. The van der Waals surface area contributed by atoms with Crippen molar-refractivity contribution in [3.05, 3.63) is 71.8 Å². The topological polar surface area (TPSA) is 32.3 Å². The average molecular weight is 365 g/mol. The number of carbonyl (C=O) groups excluding carboxylic acids is 1. The van der Waals surface area contributed by atoms with E-state index in [0.29, 0.717) is 5.92 Å². The number of likely N-dealkylation sites (tertiary alicyclic amines) is 1. The molecule has 1 aliphatic heterocycles. The van der Waals surface area contributed by atoms with Gasteiger partial charge in [-0.1, -0.05) is 60.7 Å². The highest BCUT2D eigenvalue weighted by Crippen LogP contribution is 2.28. The summed E-state index contributed by atoms with van der Waals surface area (Å²) < 4.78 is 0. The molecular weight excluding hydrogens is 343 g/mol. The van der Waals surface area contributed by atoms with E-state index in [1.807, 2.05) is 12.1 Å². The monoisotopic (exact) mass is 364 g/mol. The van der Waals surface area contributed by atoms with Gasteiger partial charge in [0.2, 0.25) is 5.91 Å². The van der Waals surface area contributed by atoms with Crippen LogP contribution in [-0.2, 0) is 11.3 Å². The third kappa shape index (κ3) is 4.73. The first-order valence-corrected chi connectivity index (χ1v) is 8.46. The predicted molar refractivity (Wildman–Crippen MR) is 101 cm³/mol. The zero-order valence-corrected chi connectivity index (χ0v) is 15.0. The second kappa shape index (κ2) is 9.07. The molecule has 128 valence electrons. The van der Waals surface area contributed by atoms with Crippen LogP contribution in [0.4, 0.5) is 0 Å². The number of rotatable bonds is 5. The van der Waals surface area contributed by atoms with Crippen molar-refractivity contribution in [1.29, 1.82) is 0 Å². The molecule has 0 bridgehead atoms. The number of nitrogens with one attached hydrogen (secondary N) is 1. The maximum absolute atomic E-state index is 11.7. The van der Waals surface area contributed by atoms with E-state index in [2.05, 4.69) is 58.7 Å². The number of hydrogen-bond acceptors (Lipinski definition) is 2. The Labute approximate surface area is 154 Å². The number of nitrogens with zero attached hydrogens (tertiary/aromatic N) is 1. The molecule has 1 aliphatic rings. The Kier molecular flexibility index (Phi) is 7.10. The largest absolute Gasteiger partial charge is 0.350 e. The van der Waals surface area contributed by atoms with Gasteiger partial charge in [-0.05, 0) is 11.1 Å². The van der Waals surface area contributed by atoms with Crippen LogP contribution in [0.1, 0.15) is 17.0 Å². The normalized spacial score (nSPS) is 20.4. The van der Waals surface area contributed by atoms with Crippen molar-refractivity contribution in [3.63, 3.8) is 0 Å². The van der Waals surface area contributed by atoms with E-state index < -0.39 is 0 Å². The van der Waals surface area contributed by atoms with E-state index in [1.54, 1.807) is 0 Å². The van der Waals surface area contributed by atoms with Gasteiger partial charge in [0.15, 0.2) is 0 Å². The second-order valence-corrected chi connectivity index (χ2v) is 6.27. The molecule has 0 spiro atoms. The standard InChI is InChI=1S/C19H21ClN2O.ClH/c20-11-19(23)21-18-14-22(12-15-7-3-1-4-8-15)13-17(18)16-9-5-2-6-10-16;/h1-10,17-18H,11-14H2,(H,21,23);1H/t17-,18+;/m0./s1. The van der Waals surface area contributed by atoms with Crippen LogP contribution in [-0.4, -0.2) is 35.8 Å². The van der Waals surface area contributed by atoms with E-state index in [4.69, 9.17) is 11.6 Å². The summed E-state index contributed by atoms with van der Waals surface area (Å²) >= 11 is 5.66. The summed E-state index contributed by atoms with van der Waals surface area (Å²) in [6, 6.07) is 20.9. The lowest BCUT2D eigenvalue weighted by atomic mass is 9.94. The Hall–Kier alpha value is -1.55. The lowest BCUT2D eigenvalue weighted by Crippen LogP contribution is -2.40. The van der Waals surface area contributed by atoms with Crippen LogP contribution in [0.2, 0.25) is 0 Å². The Morgan fingerprint density at radius 1 is 1.04 bits per heavy atom. The van der Waals surface area contributed by atoms with Crippen LogP contribution in [0, 0.1) is 0 Å². The van der Waals surface area contributed by atoms with Crippen molar-refractivity contribution in [2.24, 2.45) is 0 Å². The molecule has 0 aromatic heterocycles. The highest BCUT2D eigenvalue weighted by molar-refractivity contribution is 6.27. The molecule has 1 saturated heterocycles. The summed E-state index contributed by atoms with van der Waals surface area (Å²) in [6.45, 7) is 2.68. The molecule has 1 heterocycles. The van der Waals surface area contributed by atoms with Gasteiger partial charge < -0.3 is 5.32 Å². The molecule has 3 rings (SSSR count). The van der Waals surface area contributed by atoms with Crippen molar-refractivity contribution < 1.29 is 4.79 Å². The van der Waals surface area contributed by atoms with Gasteiger partial charge in [0.05, 0.1) is 0 Å². The molecule has 0 radical (unpaired) electrons. The third-order valence-electron chi connectivity index (χ3n) is 4.34. The molecule has 0 unspecified atom stereocenters. The highest BCUT2D eigenvalue weighted by Gasteiger charge is 2.34. The molecule has 1 N–H and O–H groups in total. The third-order valence-corrected chi connectivity index (χ3v) is 4.58. The molecule has 2 aromatic carbocycles. The Morgan fingerprint density at radius 2 is 1.67 bits per heavy atom. The number of alkyl halides is 1. The number of carbonyl (C=O) groups is 1. The quantitative estimate of drug-likeness (QED) is 0.824. The molecule has 24 heavy (non-hydrogen) atoms. The Morgan fingerprint density at radius 3 is 2.29 bits per heavy atom. The van der Waals surface area contributed by atoms with Crippen LogP contribution in [0.5, 0.6) is 0 Å². The Balaban J connectivity index is 0.00000208. The minimum atomic E-state index is -0.0980. The van der Waals surface area contributed by atoms with E-state index in [0.717, 1.165) is 19.6 Å². The van der Waals surface area contributed by atoms with Crippen LogP contribution < -0.4 is 5.32 Å². The number of halogens is 2. The minimum Gasteiger partial charge on any atom is -0.350 e. The molecule has 0 saturated carbocycles. The van der Waals surface area contributed by atoms with Gasteiger partial charge in [-0.15, -0.1) is 24.0 Å². The van der Waals surface area contributed by atoms with Gasteiger partial charge in [-0.3, -0.25) is 9.69 Å². The van der Waals surface area contributed by atoms with Gasteiger partial charge in [-0.2, -0.15) is 0 Å². The molecular formula is C19H22Cl2N2O. The first kappa shape index (κ1) is 18.8. The summed E-state index contributed by atoms with van der Waals surface area (Å²) in [5.74, 6) is 0.211. The van der Waals surface area contributed by atoms with Crippen molar-refractivity contribution >= 4 is 29.9 Å². The first-order valence-electron chi connectivity index (χ1n) is 7.93. The molecule has 5 heteroatoms. The second-order valence-electron chi connectivity index (χ2n) is 6.00. The van der Waals surface area contributed by atoms with Crippen LogP contribution in [0.25, 0.3) is 0 Å². The van der Waals surface area contributed by atoms with Gasteiger partial charge in [0.1, 0.15) is 5.88 Å². The lowest BCUT2D eigenvalue weighted by molar-refractivity contribution is -0.119. The van der Waals surface area contributed by atoms with Gasteiger partial charge in [0, 0.05) is 31.6 Å². The van der Waals surface area contributed by atoms with Crippen molar-refractivity contribution in [3.8, 4) is 0 Å². The van der Waals surface area contributed by atoms with E-state index >= 15 is 0 Å². The fourth-order valence-electron chi connectivity index (χ4n) is 3.29. The van der Waals surface area contributed by atoms with E-state index in [-0.39, 0.29) is 30.2 Å². The summed E-state index contributed by atoms with van der Waals surface area (Å²) in [5, 5.41) is 3.08. The van der Waals surface area contributed by atoms with Gasteiger partial charge in [0.25, 0.3) is 0 Å². The Bertz CT molecular complexity index is 636. The molecule has 2 aromatic rings. The maximum Gasteiger partial charge on any atom is 0.235 e. The first-order chi connectivity index (χ1) is 11.3. The van der Waals surface area contributed by atoms with Crippen LogP contribution in [0.3, 0.4) is 0 Å². The van der Waals surface area contributed by atoms with Crippen molar-refractivity contribution in [2.75, 3.05) is 19.0 Å². The van der Waals surface area contributed by atoms with Crippen LogP contribution in [0.15, 0.2) is 60.7 Å². The summed E-state index contributed by atoms with van der Waals surface area (Å²) in [6.07, 6.45) is 0. The summed E-state index contributed by atoms with van der Waals surface area (Å²) in [7, 11) is 0. The van der Waals surface area contributed by atoms with Gasteiger partial charge >= 0.3 is 0 Å². The average Bonchev–Trinajstić information content (AvgIpc) is 2.98. The van der Waals surface area contributed by atoms with E-state index in [9.17, 15) is 4.79 Å². The SMILES string of the molecule is Cl.O=C(CCl)N[C@@H]1CN(Cc2ccccc2)C[C@H]1c1ccccc1. The van der Waals surface area contributed by atoms with Gasteiger partial charge in [-0.25, -0.2) is 0 Å².